The molecular weight excluding hydrogens is 220 g/mol. The Balaban J connectivity index is 2.18. The highest BCUT2D eigenvalue weighted by atomic mass is 14.9. The Labute approximate surface area is 111 Å². The average Bonchev–Trinajstić information content (AvgIpc) is 2.40. The molecule has 1 aromatic rings. The molecule has 1 saturated heterocycles. The first-order valence-electron chi connectivity index (χ1n) is 7.39. The third-order valence-corrected chi connectivity index (χ3v) is 4.24. The first kappa shape index (κ1) is 13.5. The smallest absolute Gasteiger partial charge is 0.0439 e. The fraction of sp³-hybridized carbons (Fsp3) is 0.688. The Morgan fingerprint density at radius 1 is 1.33 bits per heavy atom. The van der Waals surface area contributed by atoms with Gasteiger partial charge in [0.1, 0.15) is 0 Å². The number of aromatic nitrogens is 1. The maximum Gasteiger partial charge on any atom is 0.0439 e. The van der Waals surface area contributed by atoms with Crippen molar-refractivity contribution in [3.8, 4) is 0 Å². The van der Waals surface area contributed by atoms with Crippen LogP contribution in [0.2, 0.25) is 0 Å². The summed E-state index contributed by atoms with van der Waals surface area (Å²) < 4.78 is 0. The molecule has 2 nitrogen and oxygen atoms in total. The number of piperidine rings is 1. The zero-order valence-electron chi connectivity index (χ0n) is 11.9. The zero-order valence-corrected chi connectivity index (χ0v) is 11.9. The summed E-state index contributed by atoms with van der Waals surface area (Å²) >= 11 is 0. The first-order chi connectivity index (χ1) is 8.72. The van der Waals surface area contributed by atoms with Gasteiger partial charge in [0.05, 0.1) is 0 Å². The molecule has 0 amide bonds. The fourth-order valence-electron chi connectivity index (χ4n) is 3.10. The quantitative estimate of drug-likeness (QED) is 0.876. The Kier molecular flexibility index (Phi) is 4.76. The molecule has 0 spiro atoms. The number of hydrogen-bond acceptors (Lipinski definition) is 2. The van der Waals surface area contributed by atoms with Gasteiger partial charge in [0, 0.05) is 17.8 Å². The number of pyridine rings is 1. The predicted octanol–water partition coefficient (Wildman–Crippen LogP) is 3.70. The van der Waals surface area contributed by atoms with Crippen molar-refractivity contribution in [3.63, 3.8) is 0 Å². The van der Waals surface area contributed by atoms with Crippen LogP contribution in [0, 0.1) is 5.92 Å². The van der Waals surface area contributed by atoms with E-state index >= 15 is 0 Å². The number of hydrogen-bond donors (Lipinski definition) is 1. The van der Waals surface area contributed by atoms with E-state index in [-0.39, 0.29) is 0 Å². The number of rotatable bonds is 4. The van der Waals surface area contributed by atoms with Crippen LogP contribution in [0.1, 0.15) is 63.1 Å². The van der Waals surface area contributed by atoms with Crippen molar-refractivity contribution in [1.82, 2.24) is 10.3 Å². The number of nitrogens with zero attached hydrogens (tertiary/aromatic N) is 1. The van der Waals surface area contributed by atoms with Gasteiger partial charge in [-0.25, -0.2) is 0 Å². The highest BCUT2D eigenvalue weighted by molar-refractivity contribution is 5.23. The Morgan fingerprint density at radius 3 is 2.67 bits per heavy atom. The molecule has 0 saturated carbocycles. The summed E-state index contributed by atoms with van der Waals surface area (Å²) in [5.41, 5.74) is 2.80. The molecule has 2 heteroatoms. The molecule has 18 heavy (non-hydrogen) atoms. The first-order valence-corrected chi connectivity index (χ1v) is 7.39. The predicted molar refractivity (Wildman–Crippen MR) is 77.0 cm³/mol. The van der Waals surface area contributed by atoms with E-state index < -0.39 is 0 Å². The van der Waals surface area contributed by atoms with Gasteiger partial charge in [0.15, 0.2) is 0 Å². The SMILES string of the molecule is CCC(c1cc(C2CCNCC2)ccn1)C(C)C. The summed E-state index contributed by atoms with van der Waals surface area (Å²) in [5.74, 6) is 2.01. The van der Waals surface area contributed by atoms with Gasteiger partial charge < -0.3 is 5.32 Å². The van der Waals surface area contributed by atoms with Crippen LogP contribution in [0.5, 0.6) is 0 Å². The van der Waals surface area contributed by atoms with Crippen LogP contribution >= 0.6 is 0 Å². The lowest BCUT2D eigenvalue weighted by Gasteiger charge is -2.25. The van der Waals surface area contributed by atoms with Crippen LogP contribution in [0.25, 0.3) is 0 Å². The fourth-order valence-corrected chi connectivity index (χ4v) is 3.10. The summed E-state index contributed by atoms with van der Waals surface area (Å²) in [6.45, 7) is 9.18. The Hall–Kier alpha value is -0.890. The monoisotopic (exact) mass is 246 g/mol. The van der Waals surface area contributed by atoms with Gasteiger partial charge in [-0.2, -0.15) is 0 Å². The molecule has 1 unspecified atom stereocenters. The molecule has 1 atom stereocenters. The summed E-state index contributed by atoms with van der Waals surface area (Å²) in [6.07, 6.45) is 5.72. The molecule has 1 aromatic heterocycles. The van der Waals surface area contributed by atoms with Crippen LogP contribution in [-0.2, 0) is 0 Å². The lowest BCUT2D eigenvalue weighted by Crippen LogP contribution is -2.26. The van der Waals surface area contributed by atoms with E-state index in [0.717, 1.165) is 19.0 Å². The molecule has 2 rings (SSSR count). The van der Waals surface area contributed by atoms with Crippen molar-refractivity contribution in [2.45, 2.75) is 51.9 Å². The van der Waals surface area contributed by atoms with Crippen LogP contribution < -0.4 is 5.32 Å². The van der Waals surface area contributed by atoms with E-state index in [1.54, 1.807) is 0 Å². The van der Waals surface area contributed by atoms with Crippen LogP contribution in [-0.4, -0.2) is 18.1 Å². The van der Waals surface area contributed by atoms with Crippen molar-refractivity contribution >= 4 is 0 Å². The van der Waals surface area contributed by atoms with Crippen molar-refractivity contribution in [2.24, 2.45) is 5.92 Å². The maximum atomic E-state index is 4.61. The second kappa shape index (κ2) is 6.33. The molecule has 1 fully saturated rings. The van der Waals surface area contributed by atoms with Crippen LogP contribution in [0.3, 0.4) is 0 Å². The molecule has 1 aliphatic heterocycles. The highest BCUT2D eigenvalue weighted by Crippen LogP contribution is 2.30. The topological polar surface area (TPSA) is 24.9 Å². The maximum absolute atomic E-state index is 4.61. The number of nitrogens with one attached hydrogen (secondary N) is 1. The molecule has 100 valence electrons. The second-order valence-electron chi connectivity index (χ2n) is 5.80. The van der Waals surface area contributed by atoms with Gasteiger partial charge >= 0.3 is 0 Å². The summed E-state index contributed by atoms with van der Waals surface area (Å²) in [6, 6.07) is 4.58. The van der Waals surface area contributed by atoms with Crippen molar-refractivity contribution in [3.05, 3.63) is 29.6 Å². The van der Waals surface area contributed by atoms with Crippen molar-refractivity contribution in [1.29, 1.82) is 0 Å². The van der Waals surface area contributed by atoms with E-state index in [0.29, 0.717) is 11.8 Å². The van der Waals surface area contributed by atoms with E-state index in [2.05, 4.69) is 43.2 Å². The van der Waals surface area contributed by atoms with Gasteiger partial charge in [0.25, 0.3) is 0 Å². The summed E-state index contributed by atoms with van der Waals surface area (Å²) in [5, 5.41) is 3.44. The standard InChI is InChI=1S/C16H26N2/c1-4-15(12(2)3)16-11-14(7-10-18-16)13-5-8-17-9-6-13/h7,10-13,15,17H,4-6,8-9H2,1-3H3. The molecule has 2 heterocycles. The second-order valence-corrected chi connectivity index (χ2v) is 5.80. The van der Waals surface area contributed by atoms with Crippen molar-refractivity contribution < 1.29 is 0 Å². The van der Waals surface area contributed by atoms with E-state index in [4.69, 9.17) is 0 Å². The van der Waals surface area contributed by atoms with E-state index in [1.165, 1.54) is 30.5 Å². The van der Waals surface area contributed by atoms with E-state index in [9.17, 15) is 0 Å². The Morgan fingerprint density at radius 2 is 2.06 bits per heavy atom. The molecule has 0 radical (unpaired) electrons. The third-order valence-electron chi connectivity index (χ3n) is 4.24. The van der Waals surface area contributed by atoms with E-state index in [1.807, 2.05) is 6.20 Å². The van der Waals surface area contributed by atoms with Crippen LogP contribution in [0.15, 0.2) is 18.3 Å². The Bertz CT molecular complexity index is 367. The lowest BCUT2D eigenvalue weighted by molar-refractivity contribution is 0.454. The van der Waals surface area contributed by atoms with Gasteiger partial charge in [-0.1, -0.05) is 20.8 Å². The summed E-state index contributed by atoms with van der Waals surface area (Å²) in [4.78, 5) is 4.61. The minimum Gasteiger partial charge on any atom is -0.317 e. The molecule has 1 aliphatic rings. The van der Waals surface area contributed by atoms with Gasteiger partial charge in [-0.3, -0.25) is 4.98 Å². The molecule has 1 N–H and O–H groups in total. The van der Waals surface area contributed by atoms with Gasteiger partial charge in [-0.05, 0) is 61.9 Å². The highest BCUT2D eigenvalue weighted by Gasteiger charge is 2.19. The van der Waals surface area contributed by atoms with Crippen molar-refractivity contribution in [2.75, 3.05) is 13.1 Å². The minimum absolute atomic E-state index is 0.603. The molecule has 0 aromatic carbocycles. The minimum atomic E-state index is 0.603. The van der Waals surface area contributed by atoms with Gasteiger partial charge in [0.2, 0.25) is 0 Å². The molecule has 0 bridgehead atoms. The van der Waals surface area contributed by atoms with Gasteiger partial charge in [-0.15, -0.1) is 0 Å². The van der Waals surface area contributed by atoms with Crippen LogP contribution in [0.4, 0.5) is 0 Å². The average molecular weight is 246 g/mol. The third kappa shape index (κ3) is 3.11. The molecular formula is C16H26N2. The zero-order chi connectivity index (χ0) is 13.0. The largest absolute Gasteiger partial charge is 0.317 e. The molecule has 0 aliphatic carbocycles. The summed E-state index contributed by atoms with van der Waals surface area (Å²) in [7, 11) is 0. The normalized spacial score (nSPS) is 19.1. The lowest BCUT2D eigenvalue weighted by atomic mass is 9.86.